The summed E-state index contributed by atoms with van der Waals surface area (Å²) in [5.74, 6) is 0.697. The third-order valence-electron chi connectivity index (χ3n) is 3.73. The van der Waals surface area contributed by atoms with Crippen molar-refractivity contribution in [3.8, 4) is 5.75 Å². The Kier molecular flexibility index (Phi) is 5.46. The van der Waals surface area contributed by atoms with Crippen molar-refractivity contribution in [3.63, 3.8) is 0 Å². The van der Waals surface area contributed by atoms with Gasteiger partial charge in [-0.15, -0.1) is 11.3 Å². The van der Waals surface area contributed by atoms with Crippen molar-refractivity contribution in [2.45, 2.75) is 27.0 Å². The molecule has 25 heavy (non-hydrogen) atoms. The standard InChI is InChI=1S/C20H20N2O2S/c1-14-8-10-16(11-9-14)12-21-20(23)19-15(2)22-18(25-19)13-24-17-6-4-3-5-7-17/h3-11H,12-13H2,1-2H3,(H,21,23). The second kappa shape index (κ2) is 7.94. The van der Waals surface area contributed by atoms with Gasteiger partial charge in [0.1, 0.15) is 22.2 Å². The van der Waals surface area contributed by atoms with E-state index in [1.807, 2.05) is 68.4 Å². The Hall–Kier alpha value is -2.66. The zero-order valence-electron chi connectivity index (χ0n) is 14.3. The maximum atomic E-state index is 12.4. The number of nitrogens with zero attached hydrogens (tertiary/aromatic N) is 1. The van der Waals surface area contributed by atoms with Gasteiger partial charge >= 0.3 is 0 Å². The molecule has 2 aromatic carbocycles. The van der Waals surface area contributed by atoms with E-state index in [0.29, 0.717) is 18.0 Å². The highest BCUT2D eigenvalue weighted by Crippen LogP contribution is 2.20. The molecule has 0 aliphatic rings. The maximum absolute atomic E-state index is 12.4. The zero-order chi connectivity index (χ0) is 17.6. The molecular formula is C20H20N2O2S. The van der Waals surface area contributed by atoms with Crippen LogP contribution in [0.2, 0.25) is 0 Å². The van der Waals surface area contributed by atoms with E-state index in [2.05, 4.69) is 10.3 Å². The number of hydrogen-bond acceptors (Lipinski definition) is 4. The van der Waals surface area contributed by atoms with Gasteiger partial charge in [-0.25, -0.2) is 4.98 Å². The Morgan fingerprint density at radius 2 is 1.80 bits per heavy atom. The van der Waals surface area contributed by atoms with E-state index < -0.39 is 0 Å². The molecular weight excluding hydrogens is 332 g/mol. The molecule has 0 unspecified atom stereocenters. The van der Waals surface area contributed by atoms with Gasteiger partial charge in [-0.2, -0.15) is 0 Å². The fourth-order valence-corrected chi connectivity index (χ4v) is 3.25. The number of ether oxygens (including phenoxy) is 1. The van der Waals surface area contributed by atoms with E-state index >= 15 is 0 Å². The molecule has 0 saturated carbocycles. The zero-order valence-corrected chi connectivity index (χ0v) is 15.1. The van der Waals surface area contributed by atoms with E-state index in [9.17, 15) is 4.79 Å². The average molecular weight is 352 g/mol. The summed E-state index contributed by atoms with van der Waals surface area (Å²) in [5, 5.41) is 3.75. The fourth-order valence-electron chi connectivity index (χ4n) is 2.36. The maximum Gasteiger partial charge on any atom is 0.263 e. The van der Waals surface area contributed by atoms with Crippen LogP contribution in [0.25, 0.3) is 0 Å². The third kappa shape index (κ3) is 4.67. The molecule has 128 valence electrons. The molecule has 0 aliphatic carbocycles. The molecule has 3 rings (SSSR count). The molecule has 0 fully saturated rings. The number of carbonyl (C=O) groups excluding carboxylic acids is 1. The number of hydrogen-bond donors (Lipinski definition) is 1. The van der Waals surface area contributed by atoms with Crippen LogP contribution in [0.3, 0.4) is 0 Å². The number of thiazole rings is 1. The molecule has 1 heterocycles. The van der Waals surface area contributed by atoms with Gasteiger partial charge in [0.2, 0.25) is 0 Å². The van der Waals surface area contributed by atoms with Crippen molar-refractivity contribution in [2.24, 2.45) is 0 Å². The number of nitrogens with one attached hydrogen (secondary N) is 1. The van der Waals surface area contributed by atoms with E-state index in [0.717, 1.165) is 22.0 Å². The van der Waals surface area contributed by atoms with Crippen molar-refractivity contribution in [1.29, 1.82) is 0 Å². The van der Waals surface area contributed by atoms with Crippen LogP contribution < -0.4 is 10.1 Å². The second-order valence-corrected chi connectivity index (χ2v) is 6.88. The number of aromatic nitrogens is 1. The van der Waals surface area contributed by atoms with Gasteiger partial charge in [-0.1, -0.05) is 48.0 Å². The first-order valence-corrected chi connectivity index (χ1v) is 8.91. The smallest absolute Gasteiger partial charge is 0.263 e. The summed E-state index contributed by atoms with van der Waals surface area (Å²) in [5.41, 5.74) is 3.02. The Labute approximate surface area is 151 Å². The van der Waals surface area contributed by atoms with Crippen molar-refractivity contribution in [2.75, 3.05) is 0 Å². The first-order chi connectivity index (χ1) is 12.1. The van der Waals surface area contributed by atoms with Crippen molar-refractivity contribution < 1.29 is 9.53 Å². The molecule has 0 radical (unpaired) electrons. The first-order valence-electron chi connectivity index (χ1n) is 8.10. The lowest BCUT2D eigenvalue weighted by molar-refractivity contribution is 0.0954. The summed E-state index contributed by atoms with van der Waals surface area (Å²) in [7, 11) is 0. The number of rotatable bonds is 6. The molecule has 5 heteroatoms. The molecule has 0 atom stereocenters. The topological polar surface area (TPSA) is 51.2 Å². The molecule has 0 saturated heterocycles. The third-order valence-corrected chi connectivity index (χ3v) is 4.86. The number of para-hydroxylation sites is 1. The normalized spacial score (nSPS) is 10.5. The monoisotopic (exact) mass is 352 g/mol. The highest BCUT2D eigenvalue weighted by Gasteiger charge is 2.15. The minimum atomic E-state index is -0.0958. The predicted molar refractivity (Wildman–Crippen MR) is 100.0 cm³/mol. The van der Waals surface area contributed by atoms with Gasteiger partial charge < -0.3 is 10.1 Å². The summed E-state index contributed by atoms with van der Waals surface area (Å²) in [4.78, 5) is 17.5. The van der Waals surface area contributed by atoms with Crippen molar-refractivity contribution in [1.82, 2.24) is 10.3 Å². The lowest BCUT2D eigenvalue weighted by Gasteiger charge is -2.04. The van der Waals surface area contributed by atoms with Crippen molar-refractivity contribution >= 4 is 17.2 Å². The molecule has 3 aromatic rings. The summed E-state index contributed by atoms with van der Waals surface area (Å²) >= 11 is 1.38. The summed E-state index contributed by atoms with van der Waals surface area (Å²) in [6, 6.07) is 17.7. The average Bonchev–Trinajstić information content (AvgIpc) is 3.01. The van der Waals surface area contributed by atoms with Gasteiger partial charge in [0.05, 0.1) is 5.69 Å². The Bertz CT molecular complexity index is 842. The van der Waals surface area contributed by atoms with E-state index in [4.69, 9.17) is 4.74 Å². The van der Waals surface area contributed by atoms with Crippen LogP contribution in [0.4, 0.5) is 0 Å². The summed E-state index contributed by atoms with van der Waals surface area (Å²) in [6.45, 7) is 4.76. The number of amides is 1. The van der Waals surface area contributed by atoms with Gasteiger partial charge in [0, 0.05) is 6.54 Å². The molecule has 1 N–H and O–H groups in total. The van der Waals surface area contributed by atoms with Crippen LogP contribution >= 0.6 is 11.3 Å². The number of benzene rings is 2. The van der Waals surface area contributed by atoms with Gasteiger partial charge in [-0.05, 0) is 31.5 Å². The minimum Gasteiger partial charge on any atom is -0.486 e. The van der Waals surface area contributed by atoms with E-state index in [-0.39, 0.29) is 5.91 Å². The predicted octanol–water partition coefficient (Wildman–Crippen LogP) is 4.27. The van der Waals surface area contributed by atoms with E-state index in [1.165, 1.54) is 16.9 Å². The van der Waals surface area contributed by atoms with Crippen LogP contribution in [-0.4, -0.2) is 10.9 Å². The quantitative estimate of drug-likeness (QED) is 0.721. The van der Waals surface area contributed by atoms with E-state index in [1.54, 1.807) is 0 Å². The van der Waals surface area contributed by atoms with Crippen LogP contribution in [0.15, 0.2) is 54.6 Å². The van der Waals surface area contributed by atoms with Gasteiger partial charge in [0.25, 0.3) is 5.91 Å². The number of aryl methyl sites for hydroxylation is 2. The lowest BCUT2D eigenvalue weighted by Crippen LogP contribution is -2.22. The van der Waals surface area contributed by atoms with Crippen LogP contribution in [-0.2, 0) is 13.2 Å². The molecule has 4 nitrogen and oxygen atoms in total. The lowest BCUT2D eigenvalue weighted by atomic mass is 10.1. The number of carbonyl (C=O) groups is 1. The van der Waals surface area contributed by atoms with Crippen LogP contribution in [0.1, 0.15) is 31.5 Å². The Morgan fingerprint density at radius 3 is 2.52 bits per heavy atom. The van der Waals surface area contributed by atoms with Crippen molar-refractivity contribution in [3.05, 3.63) is 81.3 Å². The van der Waals surface area contributed by atoms with Gasteiger partial charge in [0.15, 0.2) is 0 Å². The first kappa shape index (κ1) is 17.2. The molecule has 0 bridgehead atoms. The molecule has 0 spiro atoms. The highest BCUT2D eigenvalue weighted by molar-refractivity contribution is 7.13. The highest BCUT2D eigenvalue weighted by atomic mass is 32.1. The summed E-state index contributed by atoms with van der Waals surface area (Å²) < 4.78 is 5.70. The molecule has 0 aliphatic heterocycles. The fraction of sp³-hybridized carbons (Fsp3) is 0.200. The van der Waals surface area contributed by atoms with Crippen LogP contribution in [0.5, 0.6) is 5.75 Å². The molecule has 1 amide bonds. The molecule has 1 aromatic heterocycles. The largest absolute Gasteiger partial charge is 0.486 e. The SMILES string of the molecule is Cc1ccc(CNC(=O)c2sc(COc3ccccc3)nc2C)cc1. The second-order valence-electron chi connectivity index (χ2n) is 5.79. The Morgan fingerprint density at radius 1 is 1.08 bits per heavy atom. The minimum absolute atomic E-state index is 0.0958. The summed E-state index contributed by atoms with van der Waals surface area (Å²) in [6.07, 6.45) is 0. The van der Waals surface area contributed by atoms with Crippen LogP contribution in [0, 0.1) is 13.8 Å². The Balaban J connectivity index is 1.59. The van der Waals surface area contributed by atoms with Gasteiger partial charge in [-0.3, -0.25) is 4.79 Å².